The Hall–Kier alpha value is -2.48. The van der Waals surface area contributed by atoms with E-state index >= 15 is 0 Å². The van der Waals surface area contributed by atoms with Crippen molar-refractivity contribution in [2.45, 2.75) is 4.90 Å². The Morgan fingerprint density at radius 2 is 1.83 bits per heavy atom. The lowest BCUT2D eigenvalue weighted by Gasteiger charge is -2.30. The van der Waals surface area contributed by atoms with E-state index in [4.69, 9.17) is 14.2 Å². The van der Waals surface area contributed by atoms with E-state index in [0.29, 0.717) is 17.2 Å². The number of hydrogen-bond acceptors (Lipinski definition) is 5. The summed E-state index contributed by atoms with van der Waals surface area (Å²) in [6, 6.07) is 8.10. The first-order valence-electron chi connectivity index (χ1n) is 7.14. The number of fused-ring (bicyclic) bond motifs is 1. The number of hydrogen-bond donors (Lipinski definition) is 0. The number of nitrogens with zero attached hydrogens (tertiary/aromatic N) is 1. The summed E-state index contributed by atoms with van der Waals surface area (Å²) >= 11 is 0. The summed E-state index contributed by atoms with van der Waals surface area (Å²) in [5.41, 5.74) is 0.177. The number of sulfonamides is 1. The third-order valence-electron chi connectivity index (χ3n) is 3.68. The second-order valence-corrected chi connectivity index (χ2v) is 6.92. The number of anilines is 1. The number of ether oxygens (including phenoxy) is 3. The van der Waals surface area contributed by atoms with Crippen LogP contribution in [0.5, 0.6) is 17.2 Å². The summed E-state index contributed by atoms with van der Waals surface area (Å²) in [6.07, 6.45) is 0. The molecule has 0 amide bonds. The lowest BCUT2D eigenvalue weighted by atomic mass is 10.2. The SMILES string of the molecule is COc1ccc(S(=O)(=O)N2CCOc3ccc(F)cc32)cc1OC. The average molecular weight is 353 g/mol. The molecule has 0 unspecified atom stereocenters. The first kappa shape index (κ1) is 16.4. The minimum absolute atomic E-state index is 0.0252. The van der Waals surface area contributed by atoms with Crippen molar-refractivity contribution in [3.8, 4) is 17.2 Å². The molecule has 0 bridgehead atoms. The van der Waals surface area contributed by atoms with Crippen molar-refractivity contribution < 1.29 is 27.0 Å². The van der Waals surface area contributed by atoms with Crippen LogP contribution in [0.1, 0.15) is 0 Å². The molecular weight excluding hydrogens is 337 g/mol. The molecule has 24 heavy (non-hydrogen) atoms. The monoisotopic (exact) mass is 353 g/mol. The zero-order valence-electron chi connectivity index (χ0n) is 13.2. The molecule has 0 spiro atoms. The minimum atomic E-state index is -3.90. The van der Waals surface area contributed by atoms with Gasteiger partial charge in [0.25, 0.3) is 10.0 Å². The lowest BCUT2D eigenvalue weighted by molar-refractivity contribution is 0.315. The minimum Gasteiger partial charge on any atom is -0.493 e. The van der Waals surface area contributed by atoms with Crippen molar-refractivity contribution in [1.29, 1.82) is 0 Å². The van der Waals surface area contributed by atoms with Gasteiger partial charge in [-0.2, -0.15) is 0 Å². The number of rotatable bonds is 4. The Morgan fingerprint density at radius 3 is 2.54 bits per heavy atom. The Labute approximate surface area is 139 Å². The molecule has 8 heteroatoms. The van der Waals surface area contributed by atoms with Gasteiger partial charge in [0.15, 0.2) is 11.5 Å². The van der Waals surface area contributed by atoms with Crippen LogP contribution in [0.3, 0.4) is 0 Å². The van der Waals surface area contributed by atoms with Crippen molar-refractivity contribution in [1.82, 2.24) is 0 Å². The highest BCUT2D eigenvalue weighted by atomic mass is 32.2. The molecule has 3 rings (SSSR count). The van der Waals surface area contributed by atoms with Crippen LogP contribution in [-0.4, -0.2) is 35.8 Å². The standard InChI is InChI=1S/C16H16FNO5S/c1-21-15-6-4-12(10-16(15)22-2)24(19,20)18-7-8-23-14-5-3-11(17)9-13(14)18/h3-6,9-10H,7-8H2,1-2H3. The van der Waals surface area contributed by atoms with Gasteiger partial charge in [0.2, 0.25) is 0 Å². The maximum absolute atomic E-state index is 13.6. The molecule has 0 atom stereocenters. The molecule has 0 fully saturated rings. The molecule has 0 N–H and O–H groups in total. The van der Waals surface area contributed by atoms with Crippen LogP contribution in [0.2, 0.25) is 0 Å². The predicted molar refractivity (Wildman–Crippen MR) is 86.0 cm³/mol. The van der Waals surface area contributed by atoms with Crippen LogP contribution in [0, 0.1) is 5.82 Å². The van der Waals surface area contributed by atoms with Crippen molar-refractivity contribution in [3.63, 3.8) is 0 Å². The third kappa shape index (κ3) is 2.73. The predicted octanol–water partition coefficient (Wildman–Crippen LogP) is 2.43. The van der Waals surface area contributed by atoms with E-state index in [1.54, 1.807) is 0 Å². The van der Waals surface area contributed by atoms with E-state index < -0.39 is 15.8 Å². The fourth-order valence-electron chi connectivity index (χ4n) is 2.52. The fraction of sp³-hybridized carbons (Fsp3) is 0.250. The quantitative estimate of drug-likeness (QED) is 0.845. The number of benzene rings is 2. The van der Waals surface area contributed by atoms with E-state index in [2.05, 4.69) is 0 Å². The number of methoxy groups -OCH3 is 2. The molecule has 1 heterocycles. The van der Waals surface area contributed by atoms with Gasteiger partial charge in [-0.05, 0) is 24.3 Å². The van der Waals surface area contributed by atoms with Crippen LogP contribution >= 0.6 is 0 Å². The van der Waals surface area contributed by atoms with Crippen LogP contribution in [0.25, 0.3) is 0 Å². The average Bonchev–Trinajstić information content (AvgIpc) is 2.60. The topological polar surface area (TPSA) is 65.1 Å². The largest absolute Gasteiger partial charge is 0.493 e. The van der Waals surface area contributed by atoms with Crippen molar-refractivity contribution in [2.24, 2.45) is 0 Å². The Balaban J connectivity index is 2.08. The zero-order chi connectivity index (χ0) is 17.3. The van der Waals surface area contributed by atoms with Gasteiger partial charge < -0.3 is 14.2 Å². The van der Waals surface area contributed by atoms with Gasteiger partial charge in [0, 0.05) is 12.1 Å². The fourth-order valence-corrected chi connectivity index (χ4v) is 3.99. The maximum Gasteiger partial charge on any atom is 0.264 e. The van der Waals surface area contributed by atoms with Crippen LogP contribution in [0.4, 0.5) is 10.1 Å². The Morgan fingerprint density at radius 1 is 1.08 bits per heavy atom. The summed E-state index contributed by atoms with van der Waals surface area (Å²) in [5, 5.41) is 0. The molecular formula is C16H16FNO5S. The van der Waals surface area contributed by atoms with Crippen LogP contribution in [0.15, 0.2) is 41.3 Å². The highest BCUT2D eigenvalue weighted by molar-refractivity contribution is 7.92. The highest BCUT2D eigenvalue weighted by Crippen LogP contribution is 2.37. The molecule has 0 aromatic heterocycles. The smallest absolute Gasteiger partial charge is 0.264 e. The van der Waals surface area contributed by atoms with E-state index in [1.807, 2.05) is 0 Å². The Kier molecular flexibility index (Phi) is 4.23. The Bertz CT molecular complexity index is 869. The molecule has 0 radical (unpaired) electrons. The van der Waals surface area contributed by atoms with Gasteiger partial charge in [0.1, 0.15) is 18.2 Å². The summed E-state index contributed by atoms with van der Waals surface area (Å²) in [7, 11) is -1.01. The van der Waals surface area contributed by atoms with Crippen LogP contribution in [-0.2, 0) is 10.0 Å². The maximum atomic E-state index is 13.6. The molecule has 0 aliphatic carbocycles. The van der Waals surface area contributed by atoms with Crippen molar-refractivity contribution >= 4 is 15.7 Å². The second-order valence-electron chi connectivity index (χ2n) is 5.05. The number of halogens is 1. The van der Waals surface area contributed by atoms with Crippen LogP contribution < -0.4 is 18.5 Å². The molecule has 6 nitrogen and oxygen atoms in total. The third-order valence-corrected chi connectivity index (χ3v) is 5.49. The lowest BCUT2D eigenvalue weighted by Crippen LogP contribution is -2.38. The van der Waals surface area contributed by atoms with Gasteiger partial charge in [-0.15, -0.1) is 0 Å². The van der Waals surface area contributed by atoms with E-state index in [0.717, 1.165) is 10.4 Å². The van der Waals surface area contributed by atoms with Crippen molar-refractivity contribution in [3.05, 3.63) is 42.2 Å². The van der Waals surface area contributed by atoms with E-state index in [-0.39, 0.29) is 23.7 Å². The van der Waals surface area contributed by atoms with Gasteiger partial charge in [-0.25, -0.2) is 12.8 Å². The highest BCUT2D eigenvalue weighted by Gasteiger charge is 2.31. The van der Waals surface area contributed by atoms with E-state index in [9.17, 15) is 12.8 Å². The molecule has 0 saturated heterocycles. The molecule has 128 valence electrons. The second kappa shape index (κ2) is 6.20. The van der Waals surface area contributed by atoms with Crippen molar-refractivity contribution in [2.75, 3.05) is 31.7 Å². The molecule has 2 aromatic rings. The first-order valence-corrected chi connectivity index (χ1v) is 8.58. The molecule has 2 aromatic carbocycles. The van der Waals surface area contributed by atoms with Gasteiger partial charge in [0.05, 0.1) is 31.3 Å². The first-order chi connectivity index (χ1) is 11.5. The van der Waals surface area contributed by atoms with Gasteiger partial charge in [-0.3, -0.25) is 4.31 Å². The summed E-state index contributed by atoms with van der Waals surface area (Å²) in [6.45, 7) is 0.276. The van der Waals surface area contributed by atoms with E-state index in [1.165, 1.54) is 44.6 Å². The molecule has 1 aliphatic heterocycles. The van der Waals surface area contributed by atoms with Gasteiger partial charge >= 0.3 is 0 Å². The summed E-state index contributed by atoms with van der Waals surface area (Å²) < 4.78 is 56.3. The normalized spacial score (nSPS) is 13.9. The summed E-state index contributed by atoms with van der Waals surface area (Å²) in [5.74, 6) is 0.509. The zero-order valence-corrected chi connectivity index (χ0v) is 14.0. The molecule has 0 saturated carbocycles. The summed E-state index contributed by atoms with van der Waals surface area (Å²) in [4.78, 5) is 0.0252. The molecule has 1 aliphatic rings. The van der Waals surface area contributed by atoms with Gasteiger partial charge in [-0.1, -0.05) is 0 Å².